The first-order chi connectivity index (χ1) is 4.84. The predicted octanol–water partition coefficient (Wildman–Crippen LogP) is 1.38. The van der Waals surface area contributed by atoms with Crippen LogP contribution in [0.25, 0.3) is 0 Å². The van der Waals surface area contributed by atoms with Gasteiger partial charge in [-0.05, 0) is 0 Å². The van der Waals surface area contributed by atoms with Gasteiger partial charge >= 0.3 is 73.0 Å². The van der Waals surface area contributed by atoms with Crippen molar-refractivity contribution < 1.29 is 0 Å². The molecule has 0 N–H and O–H groups in total. The van der Waals surface area contributed by atoms with E-state index in [0.717, 1.165) is 4.71 Å². The van der Waals surface area contributed by atoms with Gasteiger partial charge in [0.2, 0.25) is 0 Å². The fourth-order valence-electron chi connectivity index (χ4n) is 1.62. The molecule has 1 fully saturated rings. The molecular formula is C8H16LiN. The van der Waals surface area contributed by atoms with Crippen molar-refractivity contribution in [2.45, 2.75) is 37.3 Å². The van der Waals surface area contributed by atoms with E-state index in [9.17, 15) is 0 Å². The normalized spacial score (nSPS) is 24.7. The minimum atomic E-state index is 0.820. The fourth-order valence-corrected chi connectivity index (χ4v) is 1.62. The molecular weight excluding hydrogens is 117 g/mol. The predicted molar refractivity (Wildman–Crippen MR) is 45.3 cm³/mol. The van der Waals surface area contributed by atoms with Crippen LogP contribution in [0, 0.1) is 0 Å². The van der Waals surface area contributed by atoms with Crippen LogP contribution in [-0.2, 0) is 0 Å². The van der Waals surface area contributed by atoms with Gasteiger partial charge in [-0.1, -0.05) is 0 Å². The Morgan fingerprint density at radius 1 is 1.30 bits per heavy atom. The van der Waals surface area contributed by atoms with E-state index in [2.05, 4.69) is 29.5 Å². The van der Waals surface area contributed by atoms with Crippen LogP contribution in [0.2, 0.25) is 0 Å². The van der Waals surface area contributed by atoms with Crippen molar-refractivity contribution in [2.75, 3.05) is 13.1 Å². The van der Waals surface area contributed by atoms with Gasteiger partial charge in [0.25, 0.3) is 0 Å². The topological polar surface area (TPSA) is 3.24 Å². The summed E-state index contributed by atoms with van der Waals surface area (Å²) >= 11 is 2.34. The summed E-state index contributed by atoms with van der Waals surface area (Å²) < 4.78 is 0.820. The van der Waals surface area contributed by atoms with Crippen LogP contribution in [-0.4, -0.2) is 40.4 Å². The van der Waals surface area contributed by atoms with E-state index in [-0.39, 0.29) is 0 Å². The Kier molecular flexibility index (Phi) is 3.84. The second-order valence-corrected chi connectivity index (χ2v) is 3.35. The zero-order valence-electron chi connectivity index (χ0n) is 7.27. The van der Waals surface area contributed by atoms with E-state index < -0.39 is 0 Å². The molecule has 2 heteroatoms. The summed E-state index contributed by atoms with van der Waals surface area (Å²) in [6, 6.07) is 0. The molecule has 1 aliphatic heterocycles. The van der Waals surface area contributed by atoms with E-state index in [1.54, 1.807) is 0 Å². The van der Waals surface area contributed by atoms with Crippen molar-refractivity contribution in [1.29, 1.82) is 0 Å². The van der Waals surface area contributed by atoms with Gasteiger partial charge < -0.3 is 0 Å². The first-order valence-corrected chi connectivity index (χ1v) is 4.58. The SMILES string of the molecule is [Li][CH](CC)N1CCCCC1. The average molecular weight is 133 g/mol. The second-order valence-electron chi connectivity index (χ2n) is 3.35. The van der Waals surface area contributed by atoms with Gasteiger partial charge in [0, 0.05) is 0 Å². The molecule has 0 spiro atoms. The van der Waals surface area contributed by atoms with Crippen molar-refractivity contribution >= 4 is 17.7 Å². The Morgan fingerprint density at radius 3 is 2.40 bits per heavy atom. The Labute approximate surface area is 73.4 Å². The Hall–Kier alpha value is 0.557. The third-order valence-electron chi connectivity index (χ3n) is 2.60. The first kappa shape index (κ1) is 8.65. The molecule has 1 saturated heterocycles. The van der Waals surface area contributed by atoms with Crippen molar-refractivity contribution in [3.05, 3.63) is 0 Å². The molecule has 0 aromatic heterocycles. The zero-order chi connectivity index (χ0) is 7.40. The summed E-state index contributed by atoms with van der Waals surface area (Å²) in [5.41, 5.74) is 0. The first-order valence-electron chi connectivity index (χ1n) is 4.58. The van der Waals surface area contributed by atoms with Crippen LogP contribution in [0.15, 0.2) is 0 Å². The number of piperidine rings is 1. The van der Waals surface area contributed by atoms with Gasteiger partial charge in [-0.25, -0.2) is 0 Å². The number of nitrogens with zero attached hydrogens (tertiary/aromatic N) is 1. The number of hydrogen-bond acceptors (Lipinski definition) is 1. The van der Waals surface area contributed by atoms with Crippen LogP contribution in [0.4, 0.5) is 0 Å². The monoisotopic (exact) mass is 133 g/mol. The van der Waals surface area contributed by atoms with E-state index in [0.29, 0.717) is 0 Å². The van der Waals surface area contributed by atoms with Crippen LogP contribution < -0.4 is 0 Å². The molecule has 0 amide bonds. The molecule has 0 aliphatic carbocycles. The number of rotatable bonds is 2. The molecule has 10 heavy (non-hydrogen) atoms. The van der Waals surface area contributed by atoms with Crippen molar-refractivity contribution in [2.24, 2.45) is 0 Å². The maximum atomic E-state index is 2.61. The Balaban J connectivity index is 2.24. The molecule has 0 saturated carbocycles. The van der Waals surface area contributed by atoms with E-state index >= 15 is 0 Å². The molecule has 1 unspecified atom stereocenters. The zero-order valence-corrected chi connectivity index (χ0v) is 7.27. The quantitative estimate of drug-likeness (QED) is 0.514. The third-order valence-corrected chi connectivity index (χ3v) is 2.60. The molecule has 54 valence electrons. The maximum absolute atomic E-state index is 2.61. The van der Waals surface area contributed by atoms with E-state index in [1.807, 2.05) is 0 Å². The van der Waals surface area contributed by atoms with Crippen molar-refractivity contribution in [3.63, 3.8) is 0 Å². The Morgan fingerprint density at radius 2 is 1.90 bits per heavy atom. The van der Waals surface area contributed by atoms with Crippen LogP contribution in [0.3, 0.4) is 0 Å². The van der Waals surface area contributed by atoms with Gasteiger partial charge in [-0.2, -0.15) is 0 Å². The summed E-state index contributed by atoms with van der Waals surface area (Å²) in [5, 5.41) is 0. The average Bonchev–Trinajstić information content (AvgIpc) is 2.05. The van der Waals surface area contributed by atoms with Crippen molar-refractivity contribution in [3.8, 4) is 0 Å². The molecule has 1 aliphatic rings. The minimum absolute atomic E-state index is 0.820. The fraction of sp³-hybridized carbons (Fsp3) is 1.00. The van der Waals surface area contributed by atoms with Gasteiger partial charge in [0.1, 0.15) is 0 Å². The van der Waals surface area contributed by atoms with Crippen LogP contribution in [0.5, 0.6) is 0 Å². The molecule has 0 aromatic carbocycles. The summed E-state index contributed by atoms with van der Waals surface area (Å²) in [6.07, 6.45) is 5.60. The molecule has 1 rings (SSSR count). The second kappa shape index (κ2) is 4.44. The molecule has 1 nitrogen and oxygen atoms in total. The summed E-state index contributed by atoms with van der Waals surface area (Å²) in [5.74, 6) is 0. The summed E-state index contributed by atoms with van der Waals surface area (Å²) in [6.45, 7) is 4.96. The summed E-state index contributed by atoms with van der Waals surface area (Å²) in [7, 11) is 0. The van der Waals surface area contributed by atoms with Gasteiger partial charge in [-0.15, -0.1) is 0 Å². The van der Waals surface area contributed by atoms with Crippen LogP contribution in [0.1, 0.15) is 32.6 Å². The molecule has 0 bridgehead atoms. The standard InChI is InChI=1S/C8H16N.Li/c1-2-6-9-7-4-3-5-8-9;/h6H,2-5,7-8H2,1H3;. The van der Waals surface area contributed by atoms with Gasteiger partial charge in [-0.3, -0.25) is 0 Å². The summed E-state index contributed by atoms with van der Waals surface area (Å²) in [4.78, 5) is 2.61. The van der Waals surface area contributed by atoms with Gasteiger partial charge in [0.05, 0.1) is 0 Å². The molecule has 1 heterocycles. The van der Waals surface area contributed by atoms with Crippen LogP contribution >= 0.6 is 0 Å². The van der Waals surface area contributed by atoms with E-state index in [4.69, 9.17) is 0 Å². The molecule has 1 atom stereocenters. The van der Waals surface area contributed by atoms with E-state index in [1.165, 1.54) is 38.8 Å². The molecule has 0 radical (unpaired) electrons. The number of likely N-dealkylation sites (tertiary alicyclic amines) is 1. The Bertz CT molecular complexity index is 89.3. The third kappa shape index (κ3) is 2.31. The van der Waals surface area contributed by atoms with Gasteiger partial charge in [0.15, 0.2) is 0 Å². The number of hydrogen-bond donors (Lipinski definition) is 0. The van der Waals surface area contributed by atoms with Crippen molar-refractivity contribution in [1.82, 2.24) is 4.90 Å². The molecule has 0 aromatic rings.